The van der Waals surface area contributed by atoms with Gasteiger partial charge < -0.3 is 14.6 Å². The van der Waals surface area contributed by atoms with Crippen LogP contribution >= 0.6 is 0 Å². The van der Waals surface area contributed by atoms with Crippen molar-refractivity contribution in [2.45, 2.75) is 20.4 Å². The molecule has 0 unspecified atom stereocenters. The lowest BCUT2D eigenvalue weighted by Crippen LogP contribution is -2.47. The maximum Gasteiger partial charge on any atom is 0.300 e. The number of piperazine rings is 1. The Morgan fingerprint density at radius 1 is 1.08 bits per heavy atom. The van der Waals surface area contributed by atoms with Gasteiger partial charge in [0.15, 0.2) is 5.58 Å². The first-order valence-electron chi connectivity index (χ1n) is 12.0. The van der Waals surface area contributed by atoms with E-state index in [0.717, 1.165) is 11.8 Å². The third kappa shape index (κ3) is 5.08. The Balaban J connectivity index is 1.39. The summed E-state index contributed by atoms with van der Waals surface area (Å²) >= 11 is 0. The molecule has 1 aliphatic rings. The molecule has 7 nitrogen and oxygen atoms in total. The molecular weight excluding hydrogens is 478 g/mol. The number of halogens is 2. The summed E-state index contributed by atoms with van der Waals surface area (Å²) in [7, 11) is 0. The van der Waals surface area contributed by atoms with Gasteiger partial charge in [0.25, 0.3) is 6.01 Å². The van der Waals surface area contributed by atoms with Gasteiger partial charge in [-0.2, -0.15) is 4.98 Å². The standard InChI is InChI=1S/C28H26F2N4O3/c1-17-12-21(7-6-19(17)16-35)31-28-32-26-5-3-4-22(27(26)37-28)20-13-24(29)23(25(30)14-20)15-33-8-10-34(11-9-33)18(2)36/h3-7,12-14,16H,8-11,15H2,1-2H3,(H,31,32). The van der Waals surface area contributed by atoms with Crippen LogP contribution in [0.3, 0.4) is 0 Å². The third-order valence-corrected chi connectivity index (χ3v) is 6.71. The van der Waals surface area contributed by atoms with E-state index in [4.69, 9.17) is 4.42 Å². The van der Waals surface area contributed by atoms with E-state index < -0.39 is 11.6 Å². The number of aryl methyl sites for hydroxylation is 1. The lowest BCUT2D eigenvalue weighted by Gasteiger charge is -2.34. The molecule has 1 fully saturated rings. The number of carbonyl (C=O) groups excluding carboxylic acids is 2. The van der Waals surface area contributed by atoms with E-state index in [1.165, 1.54) is 19.1 Å². The van der Waals surface area contributed by atoms with Crippen LogP contribution in [0.25, 0.3) is 22.2 Å². The van der Waals surface area contributed by atoms with E-state index in [1.54, 1.807) is 35.2 Å². The number of nitrogens with one attached hydrogen (secondary N) is 1. The van der Waals surface area contributed by atoms with Crippen LogP contribution in [0.5, 0.6) is 0 Å². The normalized spacial score (nSPS) is 14.2. The van der Waals surface area contributed by atoms with E-state index in [-0.39, 0.29) is 24.0 Å². The second-order valence-corrected chi connectivity index (χ2v) is 9.19. The minimum atomic E-state index is -0.635. The maximum absolute atomic E-state index is 15.1. The van der Waals surface area contributed by atoms with E-state index >= 15 is 8.78 Å². The van der Waals surface area contributed by atoms with Crippen LogP contribution in [0.2, 0.25) is 0 Å². The molecule has 0 bridgehead atoms. The fourth-order valence-corrected chi connectivity index (χ4v) is 4.59. The quantitative estimate of drug-likeness (QED) is 0.359. The fraction of sp³-hybridized carbons (Fsp3) is 0.250. The zero-order valence-electron chi connectivity index (χ0n) is 20.6. The average molecular weight is 505 g/mol. The van der Waals surface area contributed by atoms with E-state index in [2.05, 4.69) is 10.3 Å². The number of amides is 1. The highest BCUT2D eigenvalue weighted by Crippen LogP contribution is 2.33. The summed E-state index contributed by atoms with van der Waals surface area (Å²) in [6.07, 6.45) is 0.795. The molecule has 3 aromatic carbocycles. The van der Waals surface area contributed by atoms with Gasteiger partial charge in [0.2, 0.25) is 5.91 Å². The predicted octanol–water partition coefficient (Wildman–Crippen LogP) is 5.30. The third-order valence-electron chi connectivity index (χ3n) is 6.71. The number of carbonyl (C=O) groups is 2. The highest BCUT2D eigenvalue weighted by molar-refractivity contribution is 5.91. The predicted molar refractivity (Wildman–Crippen MR) is 137 cm³/mol. The van der Waals surface area contributed by atoms with E-state index in [1.807, 2.05) is 17.9 Å². The van der Waals surface area contributed by atoms with Gasteiger partial charge in [0, 0.05) is 62.0 Å². The molecule has 4 aromatic rings. The number of anilines is 2. The van der Waals surface area contributed by atoms with Crippen LogP contribution in [0.1, 0.15) is 28.4 Å². The smallest absolute Gasteiger partial charge is 0.300 e. The summed E-state index contributed by atoms with van der Waals surface area (Å²) in [6, 6.07) is 13.4. The number of nitrogens with zero attached hydrogens (tertiary/aromatic N) is 3. The number of rotatable bonds is 6. The van der Waals surface area contributed by atoms with Crippen LogP contribution in [0, 0.1) is 18.6 Å². The van der Waals surface area contributed by atoms with Gasteiger partial charge in [-0.15, -0.1) is 0 Å². The van der Waals surface area contributed by atoms with Crippen LogP contribution in [0.15, 0.2) is 52.9 Å². The average Bonchev–Trinajstić information content (AvgIpc) is 3.29. The van der Waals surface area contributed by atoms with Gasteiger partial charge in [-0.25, -0.2) is 8.78 Å². The van der Waals surface area contributed by atoms with Crippen LogP contribution in [-0.2, 0) is 11.3 Å². The number of benzene rings is 3. The molecule has 1 aromatic heterocycles. The van der Waals surface area contributed by atoms with Gasteiger partial charge in [-0.05, 0) is 54.4 Å². The first-order chi connectivity index (χ1) is 17.8. The Morgan fingerprint density at radius 3 is 2.46 bits per heavy atom. The second-order valence-electron chi connectivity index (χ2n) is 9.19. The van der Waals surface area contributed by atoms with Crippen LogP contribution in [0.4, 0.5) is 20.5 Å². The Bertz CT molecular complexity index is 1470. The number of hydrogen-bond acceptors (Lipinski definition) is 6. The number of hydrogen-bond donors (Lipinski definition) is 1. The molecule has 9 heteroatoms. The number of fused-ring (bicyclic) bond motifs is 1. The Kier molecular flexibility index (Phi) is 6.71. The molecule has 1 saturated heterocycles. The SMILES string of the molecule is CC(=O)N1CCN(Cc2c(F)cc(-c3cccc4nc(Nc5ccc(C=O)c(C)c5)oc34)cc2F)CC1. The molecule has 0 radical (unpaired) electrons. The highest BCUT2D eigenvalue weighted by atomic mass is 19.1. The highest BCUT2D eigenvalue weighted by Gasteiger charge is 2.22. The topological polar surface area (TPSA) is 78.7 Å². The van der Waals surface area contributed by atoms with Gasteiger partial charge in [-0.1, -0.05) is 12.1 Å². The van der Waals surface area contributed by atoms with E-state index in [9.17, 15) is 9.59 Å². The van der Waals surface area contributed by atoms with Gasteiger partial charge in [0.1, 0.15) is 23.4 Å². The van der Waals surface area contributed by atoms with Crippen molar-refractivity contribution < 1.29 is 22.8 Å². The minimum absolute atomic E-state index is 0.00117. The molecule has 0 spiro atoms. The van der Waals surface area contributed by atoms with Crippen molar-refractivity contribution in [2.24, 2.45) is 0 Å². The molecule has 190 valence electrons. The molecule has 0 saturated carbocycles. The van der Waals surface area contributed by atoms with Crippen molar-refractivity contribution >= 4 is 35.0 Å². The van der Waals surface area contributed by atoms with Crippen molar-refractivity contribution in [3.63, 3.8) is 0 Å². The lowest BCUT2D eigenvalue weighted by atomic mass is 10.0. The van der Waals surface area contributed by atoms with Gasteiger partial charge >= 0.3 is 0 Å². The molecule has 37 heavy (non-hydrogen) atoms. The van der Waals surface area contributed by atoms with Crippen LogP contribution < -0.4 is 5.32 Å². The molecule has 0 aliphatic carbocycles. The minimum Gasteiger partial charge on any atom is -0.423 e. The number of aromatic nitrogens is 1. The number of aldehydes is 1. The van der Waals surface area contributed by atoms with Crippen molar-refractivity contribution in [3.05, 3.63) is 76.9 Å². The van der Waals surface area contributed by atoms with Gasteiger partial charge in [-0.3, -0.25) is 14.5 Å². The van der Waals surface area contributed by atoms with Gasteiger partial charge in [0.05, 0.1) is 0 Å². The summed E-state index contributed by atoms with van der Waals surface area (Å²) in [6.45, 7) is 5.69. The molecule has 5 rings (SSSR count). The monoisotopic (exact) mass is 504 g/mol. The largest absolute Gasteiger partial charge is 0.423 e. The zero-order chi connectivity index (χ0) is 26.1. The first kappa shape index (κ1) is 24.6. The Labute approximate surface area is 212 Å². The second kappa shape index (κ2) is 10.1. The van der Waals surface area contributed by atoms with Crippen molar-refractivity contribution in [1.82, 2.24) is 14.8 Å². The van der Waals surface area contributed by atoms with Crippen molar-refractivity contribution in [1.29, 1.82) is 0 Å². The lowest BCUT2D eigenvalue weighted by molar-refractivity contribution is -0.130. The number of para-hydroxylation sites is 1. The molecule has 1 aliphatic heterocycles. The molecule has 2 heterocycles. The maximum atomic E-state index is 15.1. The van der Waals surface area contributed by atoms with Crippen molar-refractivity contribution in [3.8, 4) is 11.1 Å². The summed E-state index contributed by atoms with van der Waals surface area (Å²) in [5.41, 5.74) is 3.90. The van der Waals surface area contributed by atoms with Crippen molar-refractivity contribution in [2.75, 3.05) is 31.5 Å². The summed E-state index contributed by atoms with van der Waals surface area (Å²) in [4.78, 5) is 30.7. The number of oxazole rings is 1. The molecular formula is C28H26F2N4O3. The molecule has 1 N–H and O–H groups in total. The van der Waals surface area contributed by atoms with Crippen LogP contribution in [-0.4, -0.2) is 53.2 Å². The summed E-state index contributed by atoms with van der Waals surface area (Å²) < 4.78 is 36.2. The Morgan fingerprint density at radius 2 is 1.81 bits per heavy atom. The zero-order valence-corrected chi connectivity index (χ0v) is 20.6. The van der Waals surface area contributed by atoms with E-state index in [0.29, 0.717) is 59.7 Å². The fourth-order valence-electron chi connectivity index (χ4n) is 4.59. The molecule has 0 atom stereocenters. The summed E-state index contributed by atoms with van der Waals surface area (Å²) in [5.74, 6) is -1.26. The first-order valence-corrected chi connectivity index (χ1v) is 12.0. The summed E-state index contributed by atoms with van der Waals surface area (Å²) in [5, 5.41) is 3.08. The Hall–Kier alpha value is -4.11. The molecule has 1 amide bonds.